The summed E-state index contributed by atoms with van der Waals surface area (Å²) in [5.74, 6) is -0.490. The molecule has 0 aliphatic heterocycles. The smallest absolute Gasteiger partial charge is 0.305 e. The van der Waals surface area contributed by atoms with Crippen molar-refractivity contribution in [2.75, 3.05) is 13.7 Å². The fourth-order valence-corrected chi connectivity index (χ4v) is 3.07. The van der Waals surface area contributed by atoms with E-state index in [0.29, 0.717) is 9.84 Å². The second-order valence-corrected chi connectivity index (χ2v) is 6.05. The molecule has 0 saturated heterocycles. The van der Waals surface area contributed by atoms with E-state index in [0.717, 1.165) is 17.0 Å². The molecular weight excluding hydrogens is 330 g/mol. The van der Waals surface area contributed by atoms with Crippen molar-refractivity contribution >= 4 is 28.2 Å². The van der Waals surface area contributed by atoms with Gasteiger partial charge in [0, 0.05) is 24.5 Å². The summed E-state index contributed by atoms with van der Waals surface area (Å²) in [6, 6.07) is 7.59. The SMILES string of the molecule is COc1cccc(-c2cn3cc(C(=O)NCCC(=O)O)sc3n2)c1. The molecule has 0 fully saturated rings. The zero-order valence-corrected chi connectivity index (χ0v) is 13.7. The quantitative estimate of drug-likeness (QED) is 0.715. The minimum atomic E-state index is -0.945. The molecule has 2 N–H and O–H groups in total. The van der Waals surface area contributed by atoms with E-state index in [1.807, 2.05) is 30.5 Å². The number of aliphatic carboxylic acids is 1. The number of benzene rings is 1. The van der Waals surface area contributed by atoms with Crippen molar-refractivity contribution in [1.82, 2.24) is 14.7 Å². The van der Waals surface area contributed by atoms with Crippen LogP contribution >= 0.6 is 11.3 Å². The van der Waals surface area contributed by atoms with Crippen molar-refractivity contribution in [2.45, 2.75) is 6.42 Å². The average molecular weight is 345 g/mol. The van der Waals surface area contributed by atoms with Crippen molar-refractivity contribution in [3.05, 3.63) is 41.5 Å². The molecule has 2 aromatic heterocycles. The molecule has 0 spiro atoms. The van der Waals surface area contributed by atoms with Crippen LogP contribution in [-0.4, -0.2) is 40.0 Å². The lowest BCUT2D eigenvalue weighted by Gasteiger charge is -2.01. The van der Waals surface area contributed by atoms with E-state index in [2.05, 4.69) is 10.3 Å². The summed E-state index contributed by atoms with van der Waals surface area (Å²) in [7, 11) is 1.61. The number of nitrogens with one attached hydrogen (secondary N) is 1. The molecule has 0 aliphatic carbocycles. The van der Waals surface area contributed by atoms with E-state index in [4.69, 9.17) is 9.84 Å². The molecule has 124 valence electrons. The topological polar surface area (TPSA) is 92.9 Å². The number of imidazole rings is 1. The summed E-state index contributed by atoms with van der Waals surface area (Å²) in [6.07, 6.45) is 3.43. The van der Waals surface area contributed by atoms with E-state index in [1.54, 1.807) is 17.7 Å². The maximum atomic E-state index is 12.0. The number of carboxylic acid groups (broad SMARTS) is 1. The number of carboxylic acids is 1. The summed E-state index contributed by atoms with van der Waals surface area (Å²) < 4.78 is 6.99. The second-order valence-electron chi connectivity index (χ2n) is 5.04. The molecule has 1 aromatic carbocycles. The first-order valence-electron chi connectivity index (χ1n) is 7.20. The minimum Gasteiger partial charge on any atom is -0.497 e. The van der Waals surface area contributed by atoms with Crippen LogP contribution in [-0.2, 0) is 4.79 Å². The van der Waals surface area contributed by atoms with Gasteiger partial charge in [0.2, 0.25) is 0 Å². The summed E-state index contributed by atoms with van der Waals surface area (Å²) in [5.41, 5.74) is 1.72. The Labute approximate surface area is 141 Å². The number of carbonyl (C=O) groups is 2. The van der Waals surface area contributed by atoms with Gasteiger partial charge in [-0.25, -0.2) is 4.98 Å². The van der Waals surface area contributed by atoms with Crippen LogP contribution in [0.5, 0.6) is 5.75 Å². The highest BCUT2D eigenvalue weighted by Gasteiger charge is 2.13. The lowest BCUT2D eigenvalue weighted by Crippen LogP contribution is -2.25. The average Bonchev–Trinajstić information content (AvgIpc) is 3.13. The third kappa shape index (κ3) is 3.38. The number of carbonyl (C=O) groups excluding carboxylic acids is 1. The van der Waals surface area contributed by atoms with E-state index in [-0.39, 0.29) is 18.9 Å². The lowest BCUT2D eigenvalue weighted by molar-refractivity contribution is -0.136. The molecule has 2 heterocycles. The highest BCUT2D eigenvalue weighted by atomic mass is 32.1. The van der Waals surface area contributed by atoms with Gasteiger partial charge in [-0.3, -0.25) is 14.0 Å². The number of methoxy groups -OCH3 is 1. The fourth-order valence-electron chi connectivity index (χ4n) is 2.19. The van der Waals surface area contributed by atoms with E-state index < -0.39 is 5.97 Å². The normalized spacial score (nSPS) is 10.7. The number of rotatable bonds is 6. The lowest BCUT2D eigenvalue weighted by atomic mass is 10.1. The van der Waals surface area contributed by atoms with Crippen LogP contribution < -0.4 is 10.1 Å². The van der Waals surface area contributed by atoms with Crippen LogP contribution in [0.25, 0.3) is 16.2 Å². The zero-order chi connectivity index (χ0) is 17.1. The van der Waals surface area contributed by atoms with Gasteiger partial charge in [0.15, 0.2) is 4.96 Å². The van der Waals surface area contributed by atoms with Crippen molar-refractivity contribution in [3.63, 3.8) is 0 Å². The molecule has 0 saturated carbocycles. The number of amides is 1. The largest absolute Gasteiger partial charge is 0.497 e. The number of hydrogen-bond acceptors (Lipinski definition) is 5. The molecule has 0 radical (unpaired) electrons. The first-order valence-corrected chi connectivity index (χ1v) is 8.01. The van der Waals surface area contributed by atoms with Gasteiger partial charge >= 0.3 is 5.97 Å². The van der Waals surface area contributed by atoms with Crippen molar-refractivity contribution < 1.29 is 19.4 Å². The van der Waals surface area contributed by atoms with Crippen molar-refractivity contribution in [2.24, 2.45) is 0 Å². The van der Waals surface area contributed by atoms with E-state index >= 15 is 0 Å². The summed E-state index contributed by atoms with van der Waals surface area (Å²) in [6.45, 7) is 0.101. The molecule has 24 heavy (non-hydrogen) atoms. The van der Waals surface area contributed by atoms with Gasteiger partial charge in [0.05, 0.1) is 19.2 Å². The number of aromatic nitrogens is 2. The molecule has 7 nitrogen and oxygen atoms in total. The third-order valence-corrected chi connectivity index (χ3v) is 4.37. The molecule has 3 rings (SSSR count). The van der Waals surface area contributed by atoms with Crippen molar-refractivity contribution in [1.29, 1.82) is 0 Å². The summed E-state index contributed by atoms with van der Waals surface area (Å²) in [5, 5.41) is 11.2. The second kappa shape index (κ2) is 6.71. The van der Waals surface area contributed by atoms with Gasteiger partial charge in [-0.2, -0.15) is 0 Å². The molecular formula is C16H15N3O4S. The number of fused-ring (bicyclic) bond motifs is 1. The van der Waals surface area contributed by atoms with Gasteiger partial charge in [-0.1, -0.05) is 23.5 Å². The van der Waals surface area contributed by atoms with E-state index in [1.165, 1.54) is 11.3 Å². The molecule has 0 atom stereocenters. The van der Waals surface area contributed by atoms with Gasteiger partial charge < -0.3 is 15.2 Å². The van der Waals surface area contributed by atoms with Crippen molar-refractivity contribution in [3.8, 4) is 17.0 Å². The predicted octanol–water partition coefficient (Wildman–Crippen LogP) is 2.28. The number of thiazole rings is 1. The van der Waals surface area contributed by atoms with Crippen LogP contribution in [0.3, 0.4) is 0 Å². The first-order chi connectivity index (χ1) is 11.6. The summed E-state index contributed by atoms with van der Waals surface area (Å²) in [4.78, 5) is 28.1. The molecule has 3 aromatic rings. The highest BCUT2D eigenvalue weighted by molar-refractivity contribution is 7.18. The molecule has 0 unspecified atom stereocenters. The molecule has 1 amide bonds. The standard InChI is InChI=1S/C16H15N3O4S/c1-23-11-4-2-3-10(7-11)12-8-19-9-13(24-16(19)18-12)15(22)17-6-5-14(20)21/h2-4,7-9H,5-6H2,1H3,(H,17,22)(H,20,21). The number of ether oxygens (including phenoxy) is 1. The highest BCUT2D eigenvalue weighted by Crippen LogP contribution is 2.26. The van der Waals surface area contributed by atoms with Gasteiger partial charge in [0.25, 0.3) is 5.91 Å². The zero-order valence-electron chi connectivity index (χ0n) is 12.9. The van der Waals surface area contributed by atoms with E-state index in [9.17, 15) is 9.59 Å². The Balaban J connectivity index is 1.78. The van der Waals surface area contributed by atoms with Crippen LogP contribution in [0.15, 0.2) is 36.7 Å². The van der Waals surface area contributed by atoms with Crippen LogP contribution in [0, 0.1) is 0 Å². The minimum absolute atomic E-state index is 0.101. The first kappa shape index (κ1) is 16.0. The maximum absolute atomic E-state index is 12.0. The summed E-state index contributed by atoms with van der Waals surface area (Å²) >= 11 is 1.25. The Morgan fingerprint density at radius 1 is 1.38 bits per heavy atom. The number of nitrogens with zero attached hydrogens (tertiary/aromatic N) is 2. The Morgan fingerprint density at radius 2 is 2.21 bits per heavy atom. The fraction of sp³-hybridized carbons (Fsp3) is 0.188. The maximum Gasteiger partial charge on any atom is 0.305 e. The van der Waals surface area contributed by atoms with Crippen LogP contribution in [0.1, 0.15) is 16.1 Å². The molecule has 8 heteroatoms. The Kier molecular flexibility index (Phi) is 4.48. The molecule has 0 bridgehead atoms. The van der Waals surface area contributed by atoms with Gasteiger partial charge in [-0.15, -0.1) is 0 Å². The van der Waals surface area contributed by atoms with Crippen LogP contribution in [0.4, 0.5) is 0 Å². The number of hydrogen-bond donors (Lipinski definition) is 2. The Morgan fingerprint density at radius 3 is 2.92 bits per heavy atom. The van der Waals surface area contributed by atoms with Gasteiger partial charge in [0.1, 0.15) is 10.6 Å². The molecule has 0 aliphatic rings. The monoisotopic (exact) mass is 345 g/mol. The Bertz CT molecular complexity index is 868. The third-order valence-electron chi connectivity index (χ3n) is 3.37. The van der Waals surface area contributed by atoms with Crippen LogP contribution in [0.2, 0.25) is 0 Å². The Hall–Kier alpha value is -2.87. The van der Waals surface area contributed by atoms with Gasteiger partial charge in [-0.05, 0) is 12.1 Å². The predicted molar refractivity (Wildman–Crippen MR) is 89.6 cm³/mol.